The summed E-state index contributed by atoms with van der Waals surface area (Å²) in [4.78, 5) is 17.9. The summed E-state index contributed by atoms with van der Waals surface area (Å²) in [6.45, 7) is 2.96. The maximum absolute atomic E-state index is 9.25. The van der Waals surface area contributed by atoms with Gasteiger partial charge >= 0.3 is 5.97 Å². The van der Waals surface area contributed by atoms with Crippen molar-refractivity contribution in [1.82, 2.24) is 9.97 Å². The molecule has 0 aliphatic rings. The summed E-state index contributed by atoms with van der Waals surface area (Å²) in [6, 6.07) is 12.1. The summed E-state index contributed by atoms with van der Waals surface area (Å²) in [5, 5.41) is 9.88. The van der Waals surface area contributed by atoms with Gasteiger partial charge in [0, 0.05) is 78.6 Å². The number of nitrogens with zero attached hydrogens (tertiary/aromatic N) is 2. The molecule has 20 heavy (non-hydrogen) atoms. The predicted octanol–water partition coefficient (Wildman–Crippen LogP) is 3.04. The van der Waals surface area contributed by atoms with Crippen LogP contribution < -0.4 is 0 Å². The molecule has 3 rings (SSSR count). The minimum atomic E-state index is -0.981. The van der Waals surface area contributed by atoms with E-state index in [1.165, 1.54) is 0 Å². The van der Waals surface area contributed by atoms with E-state index in [0.717, 1.165) is 27.9 Å². The Labute approximate surface area is 157 Å². The van der Waals surface area contributed by atoms with Gasteiger partial charge in [0.2, 0.25) is 0 Å². The number of aromatic nitrogens is 2. The first-order valence-corrected chi connectivity index (χ1v) is 5.66. The third-order valence-corrected chi connectivity index (χ3v) is 2.52. The fraction of sp³-hybridized carbons (Fsp3) is 0. The van der Waals surface area contributed by atoms with Crippen molar-refractivity contribution in [2.45, 2.75) is 0 Å². The van der Waals surface area contributed by atoms with Crippen molar-refractivity contribution in [3.63, 3.8) is 0 Å². The molecule has 3 aromatic rings. The average Bonchev–Trinajstić information content (AvgIpc) is 2.48. The van der Waals surface area contributed by atoms with Crippen molar-refractivity contribution in [2.24, 2.45) is 0 Å². The SMILES string of the molecule is C=CC(=O)O.[Eu].c1cnc2c(c1)ccc1cccnc12. The fourth-order valence-corrected chi connectivity index (χ4v) is 1.68. The molecule has 101 valence electrons. The summed E-state index contributed by atoms with van der Waals surface area (Å²) in [7, 11) is 0. The Morgan fingerprint density at radius 3 is 1.75 bits per heavy atom. The van der Waals surface area contributed by atoms with Gasteiger partial charge in [-0.15, -0.1) is 0 Å². The first kappa shape index (κ1) is 16.9. The number of carbonyl (C=O) groups is 1. The van der Waals surface area contributed by atoms with E-state index in [-0.39, 0.29) is 49.4 Å². The number of aliphatic carboxylic acids is 1. The van der Waals surface area contributed by atoms with Crippen molar-refractivity contribution >= 4 is 27.8 Å². The van der Waals surface area contributed by atoms with E-state index in [9.17, 15) is 4.79 Å². The van der Waals surface area contributed by atoms with E-state index in [1.54, 1.807) is 12.4 Å². The molecule has 5 heteroatoms. The van der Waals surface area contributed by atoms with Crippen LogP contribution in [0.25, 0.3) is 21.8 Å². The van der Waals surface area contributed by atoms with Crippen molar-refractivity contribution in [1.29, 1.82) is 0 Å². The molecule has 2 heterocycles. The van der Waals surface area contributed by atoms with Crippen LogP contribution in [0.2, 0.25) is 0 Å². The Hall–Kier alpha value is -1.17. The zero-order valence-corrected chi connectivity index (χ0v) is 13.0. The van der Waals surface area contributed by atoms with E-state index >= 15 is 0 Å². The van der Waals surface area contributed by atoms with E-state index in [0.29, 0.717) is 0 Å². The van der Waals surface area contributed by atoms with Crippen LogP contribution in [0.4, 0.5) is 0 Å². The van der Waals surface area contributed by atoms with Gasteiger partial charge in [0.1, 0.15) is 0 Å². The van der Waals surface area contributed by atoms with Crippen molar-refractivity contribution < 1.29 is 59.3 Å². The van der Waals surface area contributed by atoms with Gasteiger partial charge in [0.25, 0.3) is 0 Å². The van der Waals surface area contributed by atoms with Crippen molar-refractivity contribution in [3.05, 3.63) is 61.4 Å². The second kappa shape index (κ2) is 8.19. The molecule has 1 N–H and O–H groups in total. The number of hydrogen-bond acceptors (Lipinski definition) is 3. The van der Waals surface area contributed by atoms with Gasteiger partial charge in [0.15, 0.2) is 0 Å². The van der Waals surface area contributed by atoms with Crippen LogP contribution in [-0.4, -0.2) is 21.0 Å². The molecular formula is C15H12EuN2O2. The van der Waals surface area contributed by atoms with Gasteiger partial charge in [-0.1, -0.05) is 30.8 Å². The number of benzene rings is 1. The number of hydrogen-bond donors (Lipinski definition) is 1. The molecule has 0 fully saturated rings. The van der Waals surface area contributed by atoms with Gasteiger partial charge in [-0.2, -0.15) is 0 Å². The Balaban J connectivity index is 0.000000293. The monoisotopic (exact) mass is 405 g/mol. The molecule has 0 spiro atoms. The number of carboxylic acid groups (broad SMARTS) is 1. The molecule has 0 unspecified atom stereocenters. The Bertz CT molecular complexity index is 689. The Morgan fingerprint density at radius 2 is 1.40 bits per heavy atom. The standard InChI is InChI=1S/C12H8N2.C3H4O2.Eu/c1-3-9-5-6-10-4-2-8-14-12(10)11(9)13-7-1;1-2-3(4)5;/h1-8H;2H,1H2,(H,4,5);. The van der Waals surface area contributed by atoms with Crippen LogP contribution in [0.5, 0.6) is 0 Å². The van der Waals surface area contributed by atoms with Gasteiger partial charge in [-0.3, -0.25) is 9.97 Å². The first-order valence-electron chi connectivity index (χ1n) is 5.66. The molecule has 0 aliphatic heterocycles. The fourth-order valence-electron chi connectivity index (χ4n) is 1.68. The molecular weight excluding hydrogens is 392 g/mol. The van der Waals surface area contributed by atoms with Gasteiger partial charge in [-0.25, -0.2) is 4.79 Å². The topological polar surface area (TPSA) is 63.1 Å². The summed E-state index contributed by atoms with van der Waals surface area (Å²) in [5.41, 5.74) is 1.95. The normalized spacial score (nSPS) is 9.20. The first-order chi connectivity index (χ1) is 9.22. The molecule has 2 aromatic heterocycles. The van der Waals surface area contributed by atoms with Crippen molar-refractivity contribution in [2.75, 3.05) is 0 Å². The number of fused-ring (bicyclic) bond motifs is 3. The van der Waals surface area contributed by atoms with E-state index in [4.69, 9.17) is 5.11 Å². The van der Waals surface area contributed by atoms with Crippen molar-refractivity contribution in [3.8, 4) is 0 Å². The number of rotatable bonds is 1. The molecule has 0 bridgehead atoms. The molecule has 0 aliphatic carbocycles. The molecule has 1 aromatic carbocycles. The molecule has 1 radical (unpaired) electrons. The molecule has 0 saturated carbocycles. The third-order valence-electron chi connectivity index (χ3n) is 2.52. The molecule has 0 atom stereocenters. The van der Waals surface area contributed by atoms with Crippen LogP contribution in [-0.2, 0) is 4.79 Å². The minimum Gasteiger partial charge on any atom is -0.478 e. The van der Waals surface area contributed by atoms with Gasteiger partial charge < -0.3 is 5.11 Å². The second-order valence-corrected chi connectivity index (χ2v) is 3.76. The Morgan fingerprint density at radius 1 is 1.00 bits per heavy atom. The number of pyridine rings is 2. The van der Waals surface area contributed by atoms with Gasteiger partial charge in [0.05, 0.1) is 11.0 Å². The van der Waals surface area contributed by atoms with Crippen LogP contribution in [0.3, 0.4) is 0 Å². The quantitative estimate of drug-likeness (QED) is 0.500. The van der Waals surface area contributed by atoms with E-state index in [2.05, 4.69) is 40.8 Å². The van der Waals surface area contributed by atoms with Crippen LogP contribution in [0.15, 0.2) is 61.4 Å². The smallest absolute Gasteiger partial charge is 0.327 e. The van der Waals surface area contributed by atoms with Gasteiger partial charge in [-0.05, 0) is 12.1 Å². The second-order valence-electron chi connectivity index (χ2n) is 3.76. The molecule has 0 amide bonds. The number of carboxylic acids is 1. The Kier molecular flexibility index (Phi) is 6.92. The van der Waals surface area contributed by atoms with E-state index < -0.39 is 5.97 Å². The van der Waals surface area contributed by atoms with Crippen LogP contribution in [0, 0.1) is 49.4 Å². The third kappa shape index (κ3) is 4.16. The van der Waals surface area contributed by atoms with E-state index in [1.807, 2.05) is 12.1 Å². The van der Waals surface area contributed by atoms with Crippen LogP contribution >= 0.6 is 0 Å². The van der Waals surface area contributed by atoms with Crippen LogP contribution in [0.1, 0.15) is 0 Å². The zero-order valence-electron chi connectivity index (χ0n) is 10.5. The summed E-state index contributed by atoms with van der Waals surface area (Å²) in [5.74, 6) is -0.981. The molecule has 0 saturated heterocycles. The maximum Gasteiger partial charge on any atom is 0.327 e. The zero-order chi connectivity index (χ0) is 13.7. The maximum atomic E-state index is 9.25. The largest absolute Gasteiger partial charge is 0.478 e. The minimum absolute atomic E-state index is 0. The predicted molar refractivity (Wildman–Crippen MR) is 74.9 cm³/mol. The summed E-state index contributed by atoms with van der Waals surface area (Å²) >= 11 is 0. The molecule has 4 nitrogen and oxygen atoms in total. The summed E-state index contributed by atoms with van der Waals surface area (Å²) < 4.78 is 0. The summed E-state index contributed by atoms with van der Waals surface area (Å²) in [6.07, 6.45) is 4.44. The average molecular weight is 404 g/mol.